The van der Waals surface area contributed by atoms with Crippen LogP contribution in [0.15, 0.2) is 30.5 Å². The van der Waals surface area contributed by atoms with Gasteiger partial charge >= 0.3 is 0 Å². The highest BCUT2D eigenvalue weighted by Crippen LogP contribution is 2.19. The first-order valence-electron chi connectivity index (χ1n) is 4.39. The molecule has 15 heavy (non-hydrogen) atoms. The van der Waals surface area contributed by atoms with Gasteiger partial charge in [-0.05, 0) is 24.3 Å². The van der Waals surface area contributed by atoms with Crippen molar-refractivity contribution in [1.82, 2.24) is 10.5 Å². The molecule has 1 aromatic heterocycles. The first kappa shape index (κ1) is 9.51. The molecule has 0 fully saturated rings. The molecule has 78 valence electrons. The molecule has 0 saturated heterocycles. The lowest BCUT2D eigenvalue weighted by Gasteiger charge is -2.03. The molecule has 4 nitrogen and oxygen atoms in total. The van der Waals surface area contributed by atoms with Crippen molar-refractivity contribution in [2.75, 3.05) is 6.61 Å². The van der Waals surface area contributed by atoms with Gasteiger partial charge in [0.15, 0.2) is 6.61 Å². The number of carbonyl (C=O) groups is 1. The van der Waals surface area contributed by atoms with E-state index in [9.17, 15) is 9.28 Å². The number of hydrogen-bond acceptors (Lipinski definition) is 2. The van der Waals surface area contributed by atoms with Crippen LogP contribution in [-0.2, 0) is 4.79 Å². The van der Waals surface area contributed by atoms with Crippen LogP contribution < -0.4 is 10.3 Å². The van der Waals surface area contributed by atoms with E-state index in [1.807, 2.05) is 18.3 Å². The highest BCUT2D eigenvalue weighted by Gasteiger charge is 2.02. The number of rotatable bonds is 3. The highest BCUT2D eigenvalue weighted by molar-refractivity contribution is 5.81. The lowest BCUT2D eigenvalue weighted by Crippen LogP contribution is -2.21. The van der Waals surface area contributed by atoms with Gasteiger partial charge in [-0.3, -0.25) is 4.79 Å². The number of amides is 1. The summed E-state index contributed by atoms with van der Waals surface area (Å²) in [6.07, 6.45) is 1.81. The number of ether oxygens (including phenoxy) is 1. The number of nitrogens with one attached hydrogen (secondary N) is 2. The van der Waals surface area contributed by atoms with E-state index in [4.69, 9.17) is 4.74 Å². The molecule has 0 unspecified atom stereocenters. The molecule has 0 radical (unpaired) electrons. The summed E-state index contributed by atoms with van der Waals surface area (Å²) < 4.78 is 16.7. The van der Waals surface area contributed by atoms with E-state index in [1.165, 1.54) is 0 Å². The Morgan fingerprint density at radius 3 is 3.13 bits per heavy atom. The maximum absolute atomic E-state index is 11.6. The normalized spacial score (nSPS) is 10.2. The van der Waals surface area contributed by atoms with E-state index < -0.39 is 5.91 Å². The molecule has 1 aromatic carbocycles. The molecule has 0 aliphatic rings. The van der Waals surface area contributed by atoms with Crippen molar-refractivity contribution < 1.29 is 14.0 Å². The van der Waals surface area contributed by atoms with Gasteiger partial charge in [-0.15, -0.1) is 4.48 Å². The fourth-order valence-electron chi connectivity index (χ4n) is 1.30. The van der Waals surface area contributed by atoms with Gasteiger partial charge < -0.3 is 9.72 Å². The van der Waals surface area contributed by atoms with Crippen LogP contribution in [0, 0.1) is 0 Å². The summed E-state index contributed by atoms with van der Waals surface area (Å²) in [7, 11) is 0. The molecule has 1 heterocycles. The van der Waals surface area contributed by atoms with Crippen LogP contribution in [0.25, 0.3) is 10.9 Å². The standard InChI is InChI=1S/C10H9FN2O2/c11-13-10(14)6-15-8-1-2-9-7(5-8)3-4-12-9/h1-5,12H,6H2,(H,13,14). The molecule has 0 aliphatic carbocycles. The zero-order valence-electron chi connectivity index (χ0n) is 7.79. The molecule has 2 rings (SSSR count). The SMILES string of the molecule is O=C(COc1ccc2[nH]ccc2c1)NF. The minimum atomic E-state index is -0.802. The Kier molecular flexibility index (Phi) is 2.53. The van der Waals surface area contributed by atoms with Crippen LogP contribution in [0.2, 0.25) is 0 Å². The van der Waals surface area contributed by atoms with Crippen LogP contribution in [0.1, 0.15) is 0 Å². The van der Waals surface area contributed by atoms with Crippen LogP contribution in [0.5, 0.6) is 5.75 Å². The molecule has 2 aromatic rings. The Labute approximate surface area is 85.0 Å². The number of aromatic amines is 1. The van der Waals surface area contributed by atoms with Gasteiger partial charge in [0.2, 0.25) is 0 Å². The van der Waals surface area contributed by atoms with Crippen molar-refractivity contribution in [3.8, 4) is 5.75 Å². The Morgan fingerprint density at radius 2 is 2.33 bits per heavy atom. The summed E-state index contributed by atoms with van der Waals surface area (Å²) >= 11 is 0. The number of carbonyl (C=O) groups excluding carboxylic acids is 1. The topological polar surface area (TPSA) is 54.1 Å². The van der Waals surface area contributed by atoms with Gasteiger partial charge in [0.1, 0.15) is 5.75 Å². The zero-order chi connectivity index (χ0) is 10.7. The first-order valence-corrected chi connectivity index (χ1v) is 4.39. The number of fused-ring (bicyclic) bond motifs is 1. The van der Waals surface area contributed by atoms with Crippen molar-refractivity contribution >= 4 is 16.8 Å². The molecule has 0 aliphatic heterocycles. The summed E-state index contributed by atoms with van der Waals surface area (Å²) in [5.41, 5.74) is 1.98. The van der Waals surface area contributed by atoms with Crippen LogP contribution in [0.4, 0.5) is 4.48 Å². The maximum atomic E-state index is 11.6. The third-order valence-corrected chi connectivity index (χ3v) is 2.00. The second kappa shape index (κ2) is 4.00. The molecular weight excluding hydrogens is 199 g/mol. The first-order chi connectivity index (χ1) is 7.29. The summed E-state index contributed by atoms with van der Waals surface area (Å²) in [4.78, 5) is 13.6. The zero-order valence-corrected chi connectivity index (χ0v) is 7.79. The van der Waals surface area contributed by atoms with E-state index >= 15 is 0 Å². The van der Waals surface area contributed by atoms with Gasteiger partial charge in [-0.25, -0.2) is 0 Å². The molecule has 0 bridgehead atoms. The maximum Gasteiger partial charge on any atom is 0.285 e. The fourth-order valence-corrected chi connectivity index (χ4v) is 1.30. The van der Waals surface area contributed by atoms with Gasteiger partial charge in [0, 0.05) is 17.1 Å². The summed E-state index contributed by atoms with van der Waals surface area (Å²) in [6.45, 7) is -0.327. The molecule has 0 atom stereocenters. The van der Waals surface area contributed by atoms with Crippen molar-refractivity contribution in [3.05, 3.63) is 30.5 Å². The van der Waals surface area contributed by atoms with Crippen molar-refractivity contribution in [3.63, 3.8) is 0 Å². The molecule has 5 heteroatoms. The number of halogens is 1. The van der Waals surface area contributed by atoms with Gasteiger partial charge in [-0.2, -0.15) is 5.54 Å². The van der Waals surface area contributed by atoms with E-state index in [0.29, 0.717) is 5.75 Å². The number of H-pyrrole nitrogens is 1. The predicted octanol–water partition coefficient (Wildman–Crippen LogP) is 1.55. The second-order valence-corrected chi connectivity index (χ2v) is 3.03. The second-order valence-electron chi connectivity index (χ2n) is 3.03. The van der Waals surface area contributed by atoms with E-state index in [2.05, 4.69) is 4.98 Å². The minimum Gasteiger partial charge on any atom is -0.484 e. The Hall–Kier alpha value is -2.04. The van der Waals surface area contributed by atoms with E-state index in [1.54, 1.807) is 12.1 Å². The molecule has 1 amide bonds. The summed E-state index contributed by atoms with van der Waals surface area (Å²) in [6, 6.07) is 7.21. The summed E-state index contributed by atoms with van der Waals surface area (Å²) in [5, 5.41) is 0.980. The lowest BCUT2D eigenvalue weighted by molar-refractivity contribution is -0.127. The van der Waals surface area contributed by atoms with E-state index in [0.717, 1.165) is 16.4 Å². The van der Waals surface area contributed by atoms with Crippen LogP contribution in [0.3, 0.4) is 0 Å². The van der Waals surface area contributed by atoms with Crippen molar-refractivity contribution in [2.24, 2.45) is 0 Å². The van der Waals surface area contributed by atoms with Gasteiger partial charge in [0.05, 0.1) is 0 Å². The monoisotopic (exact) mass is 208 g/mol. The Bertz CT molecular complexity index is 481. The number of aromatic nitrogens is 1. The molecule has 0 saturated carbocycles. The van der Waals surface area contributed by atoms with Crippen LogP contribution in [-0.4, -0.2) is 17.5 Å². The smallest absolute Gasteiger partial charge is 0.285 e. The molecular formula is C10H9FN2O2. The Balaban J connectivity index is 2.11. The van der Waals surface area contributed by atoms with Gasteiger partial charge in [-0.1, -0.05) is 0 Å². The van der Waals surface area contributed by atoms with Gasteiger partial charge in [0.25, 0.3) is 5.91 Å². The number of benzene rings is 1. The lowest BCUT2D eigenvalue weighted by atomic mass is 10.2. The van der Waals surface area contributed by atoms with Crippen LogP contribution >= 0.6 is 0 Å². The third-order valence-electron chi connectivity index (χ3n) is 2.00. The van der Waals surface area contributed by atoms with Crippen molar-refractivity contribution in [2.45, 2.75) is 0 Å². The highest BCUT2D eigenvalue weighted by atomic mass is 19.2. The minimum absolute atomic E-state index is 0.327. The predicted molar refractivity (Wildman–Crippen MR) is 53.0 cm³/mol. The molecule has 2 N–H and O–H groups in total. The third kappa shape index (κ3) is 2.07. The molecule has 0 spiro atoms. The quantitative estimate of drug-likeness (QED) is 0.752. The van der Waals surface area contributed by atoms with E-state index in [-0.39, 0.29) is 6.61 Å². The average molecular weight is 208 g/mol. The summed E-state index contributed by atoms with van der Waals surface area (Å²) in [5.74, 6) is -0.269. The average Bonchev–Trinajstić information content (AvgIpc) is 2.72. The Morgan fingerprint density at radius 1 is 1.47 bits per heavy atom. The fraction of sp³-hybridized carbons (Fsp3) is 0.100. The number of hydrogen-bond donors (Lipinski definition) is 2. The largest absolute Gasteiger partial charge is 0.484 e. The van der Waals surface area contributed by atoms with Crippen molar-refractivity contribution in [1.29, 1.82) is 0 Å².